The summed E-state index contributed by atoms with van der Waals surface area (Å²) < 4.78 is 0. The van der Waals surface area contributed by atoms with Crippen LogP contribution in [0.2, 0.25) is 0 Å². The van der Waals surface area contributed by atoms with Crippen molar-refractivity contribution in [3.8, 4) is 0 Å². The largest absolute Gasteiger partial charge is 0.314 e. The molecular weight excluding hydrogens is 254 g/mol. The predicted molar refractivity (Wildman–Crippen MR) is 80.5 cm³/mol. The molecule has 19 heavy (non-hydrogen) atoms. The number of hydrogen-bond acceptors (Lipinski definition) is 4. The molecule has 0 spiro atoms. The van der Waals surface area contributed by atoms with E-state index in [0.29, 0.717) is 6.04 Å². The molecule has 106 valence electrons. The minimum Gasteiger partial charge on any atom is -0.314 e. The van der Waals surface area contributed by atoms with E-state index in [4.69, 9.17) is 0 Å². The van der Waals surface area contributed by atoms with Gasteiger partial charge in [-0.25, -0.2) is 4.98 Å². The van der Waals surface area contributed by atoms with Gasteiger partial charge in [0.2, 0.25) is 0 Å². The number of nitrogens with one attached hydrogen (secondary N) is 2. The highest BCUT2D eigenvalue weighted by Crippen LogP contribution is 2.30. The van der Waals surface area contributed by atoms with Gasteiger partial charge in [-0.2, -0.15) is 0 Å². The van der Waals surface area contributed by atoms with Crippen molar-refractivity contribution in [3.05, 3.63) is 16.1 Å². The number of nitrogens with zero attached hydrogens (tertiary/aromatic N) is 1. The number of thiazole rings is 1. The SMILES string of the molecule is Cc1cnc(CNC2CCCCC2C2CCCN2)s1. The second kappa shape index (κ2) is 6.33. The highest BCUT2D eigenvalue weighted by Gasteiger charge is 2.32. The summed E-state index contributed by atoms with van der Waals surface area (Å²) in [5.74, 6) is 0.831. The van der Waals surface area contributed by atoms with E-state index < -0.39 is 0 Å². The predicted octanol–water partition coefficient (Wildman–Crippen LogP) is 2.85. The molecule has 0 amide bonds. The highest BCUT2D eigenvalue weighted by atomic mass is 32.1. The summed E-state index contributed by atoms with van der Waals surface area (Å²) in [7, 11) is 0. The average molecular weight is 279 g/mol. The molecule has 3 atom stereocenters. The summed E-state index contributed by atoms with van der Waals surface area (Å²) in [5.41, 5.74) is 0. The first-order chi connectivity index (χ1) is 9.33. The maximum atomic E-state index is 4.46. The number of rotatable bonds is 4. The van der Waals surface area contributed by atoms with E-state index in [1.165, 1.54) is 55.0 Å². The highest BCUT2D eigenvalue weighted by molar-refractivity contribution is 7.11. The van der Waals surface area contributed by atoms with E-state index in [0.717, 1.165) is 18.5 Å². The Bertz CT molecular complexity index is 398. The van der Waals surface area contributed by atoms with E-state index in [1.54, 1.807) is 0 Å². The molecular formula is C15H25N3S. The fourth-order valence-electron chi connectivity index (χ4n) is 3.67. The van der Waals surface area contributed by atoms with Crippen molar-refractivity contribution in [1.82, 2.24) is 15.6 Å². The Labute approximate surface area is 120 Å². The van der Waals surface area contributed by atoms with Crippen LogP contribution >= 0.6 is 11.3 Å². The van der Waals surface area contributed by atoms with Gasteiger partial charge in [0.25, 0.3) is 0 Å². The Morgan fingerprint density at radius 3 is 2.95 bits per heavy atom. The Hall–Kier alpha value is -0.450. The second-order valence-corrected chi connectivity index (χ2v) is 7.32. The lowest BCUT2D eigenvalue weighted by Crippen LogP contribution is -2.46. The van der Waals surface area contributed by atoms with Crippen LogP contribution in [0.4, 0.5) is 0 Å². The first kappa shape index (κ1) is 13.5. The third-order valence-corrected chi connectivity index (χ3v) is 5.53. The summed E-state index contributed by atoms with van der Waals surface area (Å²) in [5, 5.41) is 8.73. The van der Waals surface area contributed by atoms with Gasteiger partial charge in [0.05, 0.1) is 0 Å². The van der Waals surface area contributed by atoms with Gasteiger partial charge in [0, 0.05) is 29.7 Å². The van der Waals surface area contributed by atoms with Crippen molar-refractivity contribution in [2.45, 2.75) is 64.1 Å². The molecule has 0 radical (unpaired) electrons. The van der Waals surface area contributed by atoms with Crippen LogP contribution in [0, 0.1) is 12.8 Å². The van der Waals surface area contributed by atoms with Crippen LogP contribution < -0.4 is 10.6 Å². The monoisotopic (exact) mass is 279 g/mol. The minimum absolute atomic E-state index is 0.688. The van der Waals surface area contributed by atoms with Crippen LogP contribution in [0.5, 0.6) is 0 Å². The standard InChI is InChI=1S/C15H25N3S/c1-11-9-18-15(19-11)10-17-14-6-3-2-5-12(14)13-7-4-8-16-13/h9,12-14,16-17H,2-8,10H2,1H3. The average Bonchev–Trinajstić information content (AvgIpc) is 3.08. The molecule has 2 heterocycles. The lowest BCUT2D eigenvalue weighted by molar-refractivity contribution is 0.213. The van der Waals surface area contributed by atoms with Gasteiger partial charge in [0.1, 0.15) is 5.01 Å². The maximum Gasteiger partial charge on any atom is 0.107 e. The van der Waals surface area contributed by atoms with Crippen molar-refractivity contribution < 1.29 is 0 Å². The van der Waals surface area contributed by atoms with Crippen LogP contribution in [-0.4, -0.2) is 23.6 Å². The van der Waals surface area contributed by atoms with Crippen LogP contribution in [0.1, 0.15) is 48.4 Å². The third kappa shape index (κ3) is 3.36. The lowest BCUT2D eigenvalue weighted by Gasteiger charge is -2.36. The molecule has 3 unspecified atom stereocenters. The normalized spacial score (nSPS) is 31.7. The third-order valence-electron chi connectivity index (χ3n) is 4.62. The topological polar surface area (TPSA) is 37.0 Å². The van der Waals surface area contributed by atoms with Gasteiger partial charge >= 0.3 is 0 Å². The van der Waals surface area contributed by atoms with Gasteiger partial charge < -0.3 is 10.6 Å². The summed E-state index contributed by atoms with van der Waals surface area (Å²) in [6, 6.07) is 1.45. The van der Waals surface area contributed by atoms with Gasteiger partial charge in [-0.15, -0.1) is 11.3 Å². The summed E-state index contributed by atoms with van der Waals surface area (Å²) in [4.78, 5) is 5.78. The Morgan fingerprint density at radius 1 is 1.32 bits per heavy atom. The number of aryl methyl sites for hydroxylation is 1. The zero-order valence-electron chi connectivity index (χ0n) is 11.8. The molecule has 2 aliphatic rings. The van der Waals surface area contributed by atoms with Crippen LogP contribution in [0.25, 0.3) is 0 Å². The van der Waals surface area contributed by atoms with E-state index in [9.17, 15) is 0 Å². The van der Waals surface area contributed by atoms with Gasteiger partial charge in [-0.05, 0) is 45.1 Å². The molecule has 3 nitrogen and oxygen atoms in total. The molecule has 1 aliphatic heterocycles. The molecule has 3 rings (SSSR count). The molecule has 2 N–H and O–H groups in total. The fourth-order valence-corrected chi connectivity index (χ4v) is 4.41. The second-order valence-electron chi connectivity index (χ2n) is 6.00. The molecule has 1 aromatic heterocycles. The minimum atomic E-state index is 0.688. The molecule has 1 saturated heterocycles. The summed E-state index contributed by atoms with van der Waals surface area (Å²) >= 11 is 1.82. The van der Waals surface area contributed by atoms with Crippen molar-refractivity contribution in [3.63, 3.8) is 0 Å². The van der Waals surface area contributed by atoms with E-state index >= 15 is 0 Å². The van der Waals surface area contributed by atoms with Crippen molar-refractivity contribution in [1.29, 1.82) is 0 Å². The van der Waals surface area contributed by atoms with Crippen LogP contribution in [0.15, 0.2) is 6.20 Å². The van der Waals surface area contributed by atoms with Crippen molar-refractivity contribution in [2.75, 3.05) is 6.54 Å². The van der Waals surface area contributed by atoms with Gasteiger partial charge in [-0.3, -0.25) is 0 Å². The summed E-state index contributed by atoms with van der Waals surface area (Å²) in [6.07, 6.45) is 10.3. The molecule has 1 aliphatic carbocycles. The Morgan fingerprint density at radius 2 is 2.21 bits per heavy atom. The van der Waals surface area contributed by atoms with Gasteiger partial charge in [-0.1, -0.05) is 12.8 Å². The zero-order chi connectivity index (χ0) is 13.1. The van der Waals surface area contributed by atoms with E-state index in [1.807, 2.05) is 17.5 Å². The first-order valence-corrected chi connectivity index (χ1v) is 8.52. The molecule has 0 aromatic carbocycles. The maximum absolute atomic E-state index is 4.46. The summed E-state index contributed by atoms with van der Waals surface area (Å²) in [6.45, 7) is 4.30. The quantitative estimate of drug-likeness (QED) is 0.890. The Kier molecular flexibility index (Phi) is 4.51. The Balaban J connectivity index is 1.57. The van der Waals surface area contributed by atoms with Crippen LogP contribution in [-0.2, 0) is 6.54 Å². The van der Waals surface area contributed by atoms with Crippen LogP contribution in [0.3, 0.4) is 0 Å². The van der Waals surface area contributed by atoms with Crippen molar-refractivity contribution in [2.24, 2.45) is 5.92 Å². The molecule has 2 fully saturated rings. The fraction of sp³-hybridized carbons (Fsp3) is 0.800. The molecule has 1 saturated carbocycles. The van der Waals surface area contributed by atoms with Gasteiger partial charge in [0.15, 0.2) is 0 Å². The number of hydrogen-bond donors (Lipinski definition) is 2. The molecule has 4 heteroatoms. The smallest absolute Gasteiger partial charge is 0.107 e. The lowest BCUT2D eigenvalue weighted by atomic mass is 9.79. The number of aromatic nitrogens is 1. The molecule has 0 bridgehead atoms. The first-order valence-electron chi connectivity index (χ1n) is 7.71. The zero-order valence-corrected chi connectivity index (χ0v) is 12.6. The molecule has 1 aromatic rings. The van der Waals surface area contributed by atoms with E-state index in [-0.39, 0.29) is 0 Å². The van der Waals surface area contributed by atoms with E-state index in [2.05, 4.69) is 22.5 Å². The van der Waals surface area contributed by atoms with Crippen molar-refractivity contribution >= 4 is 11.3 Å².